The second-order valence-electron chi connectivity index (χ2n) is 5.63. The van der Waals surface area contributed by atoms with E-state index >= 15 is 0 Å². The maximum absolute atomic E-state index is 12.9. The number of esters is 1. The number of nitrogens with zero attached hydrogens (tertiary/aromatic N) is 1. The van der Waals surface area contributed by atoms with Gasteiger partial charge in [0.15, 0.2) is 5.71 Å². The summed E-state index contributed by atoms with van der Waals surface area (Å²) in [6, 6.07) is 4.33. The second-order valence-corrected chi connectivity index (χ2v) is 5.63. The highest BCUT2D eigenvalue weighted by Crippen LogP contribution is 2.31. The number of alkyl halides is 6. The standard InChI is InChI=1S/C16H15F6N3O2/c1-27-14(26)11(12(23)16(20,21)22)13-24-5-6-25(13)8-9-3-2-4-10(7-9)15(17,18)19/h2-4,7,23-24H,5-6,8H2,1H3/b13-11-,23-12?. The molecule has 0 amide bonds. The summed E-state index contributed by atoms with van der Waals surface area (Å²) < 4.78 is 81.7. The molecule has 1 fully saturated rings. The number of carbonyl (C=O) groups is 1. The van der Waals surface area contributed by atoms with E-state index in [1.807, 2.05) is 0 Å². The zero-order chi connectivity index (χ0) is 20.4. The first-order chi connectivity index (χ1) is 12.4. The van der Waals surface area contributed by atoms with Gasteiger partial charge in [0.2, 0.25) is 0 Å². The molecule has 0 aliphatic carbocycles. The van der Waals surface area contributed by atoms with E-state index in [4.69, 9.17) is 5.41 Å². The van der Waals surface area contributed by atoms with E-state index in [0.29, 0.717) is 0 Å². The van der Waals surface area contributed by atoms with Crippen molar-refractivity contribution in [2.45, 2.75) is 18.9 Å². The van der Waals surface area contributed by atoms with Gasteiger partial charge in [0.25, 0.3) is 0 Å². The van der Waals surface area contributed by atoms with E-state index < -0.39 is 35.2 Å². The number of rotatable bonds is 4. The van der Waals surface area contributed by atoms with Crippen LogP contribution in [0.25, 0.3) is 0 Å². The van der Waals surface area contributed by atoms with Crippen LogP contribution in [0.4, 0.5) is 26.3 Å². The van der Waals surface area contributed by atoms with Gasteiger partial charge in [-0.1, -0.05) is 12.1 Å². The van der Waals surface area contributed by atoms with Crippen LogP contribution in [0.1, 0.15) is 11.1 Å². The van der Waals surface area contributed by atoms with E-state index in [2.05, 4.69) is 10.1 Å². The Balaban J connectivity index is 2.41. The molecule has 1 heterocycles. The third-order valence-electron chi connectivity index (χ3n) is 3.78. The first kappa shape index (κ1) is 20.6. The summed E-state index contributed by atoms with van der Waals surface area (Å²) in [5.74, 6) is -1.67. The topological polar surface area (TPSA) is 65.4 Å². The molecule has 148 valence electrons. The maximum Gasteiger partial charge on any atom is 0.433 e. The monoisotopic (exact) mass is 395 g/mol. The molecule has 2 N–H and O–H groups in total. The summed E-state index contributed by atoms with van der Waals surface area (Å²) in [5.41, 5.74) is -3.62. The number of ether oxygens (including phenoxy) is 1. The quantitative estimate of drug-likeness (QED) is 0.356. The van der Waals surface area contributed by atoms with Crippen LogP contribution >= 0.6 is 0 Å². The van der Waals surface area contributed by atoms with Gasteiger partial charge in [0.1, 0.15) is 11.4 Å². The van der Waals surface area contributed by atoms with Crippen LogP contribution in [0.2, 0.25) is 0 Å². The van der Waals surface area contributed by atoms with Gasteiger partial charge < -0.3 is 15.0 Å². The highest BCUT2D eigenvalue weighted by molar-refractivity contribution is 6.21. The molecule has 1 aromatic rings. The fraction of sp³-hybridized carbons (Fsp3) is 0.375. The molecule has 1 aliphatic rings. The van der Waals surface area contributed by atoms with E-state index in [1.165, 1.54) is 17.0 Å². The van der Waals surface area contributed by atoms with Crippen LogP contribution in [-0.4, -0.2) is 43.0 Å². The Morgan fingerprint density at radius 2 is 1.93 bits per heavy atom. The van der Waals surface area contributed by atoms with Crippen molar-refractivity contribution < 1.29 is 35.9 Å². The lowest BCUT2D eigenvalue weighted by Crippen LogP contribution is -2.34. The normalized spacial score (nSPS) is 16.8. The lowest BCUT2D eigenvalue weighted by atomic mass is 10.1. The summed E-state index contributed by atoms with van der Waals surface area (Å²) in [6.45, 7) is 0.106. The number of hydrogen-bond donors (Lipinski definition) is 2. The zero-order valence-corrected chi connectivity index (χ0v) is 14.0. The number of hydrogen-bond acceptors (Lipinski definition) is 5. The summed E-state index contributed by atoms with van der Waals surface area (Å²) >= 11 is 0. The Labute approximate surface area is 150 Å². The molecule has 0 aromatic heterocycles. The van der Waals surface area contributed by atoms with E-state index in [-0.39, 0.29) is 31.0 Å². The van der Waals surface area contributed by atoms with Gasteiger partial charge in [-0.15, -0.1) is 0 Å². The fourth-order valence-electron chi connectivity index (χ4n) is 2.56. The Bertz CT molecular complexity index is 770. The van der Waals surface area contributed by atoms with Crippen molar-refractivity contribution in [2.75, 3.05) is 20.2 Å². The lowest BCUT2D eigenvalue weighted by molar-refractivity contribution is -0.138. The minimum absolute atomic E-state index is 0.136. The van der Waals surface area contributed by atoms with Crippen molar-refractivity contribution in [1.29, 1.82) is 5.41 Å². The van der Waals surface area contributed by atoms with E-state index in [9.17, 15) is 31.1 Å². The maximum atomic E-state index is 12.9. The predicted molar refractivity (Wildman–Crippen MR) is 82.7 cm³/mol. The number of benzene rings is 1. The highest BCUT2D eigenvalue weighted by atomic mass is 19.4. The van der Waals surface area contributed by atoms with Gasteiger partial charge in [-0.25, -0.2) is 4.79 Å². The number of carbonyl (C=O) groups excluding carboxylic acids is 1. The van der Waals surface area contributed by atoms with Crippen molar-refractivity contribution in [3.8, 4) is 0 Å². The van der Waals surface area contributed by atoms with Gasteiger partial charge in [-0.05, 0) is 17.7 Å². The van der Waals surface area contributed by atoms with Gasteiger partial charge >= 0.3 is 18.3 Å². The zero-order valence-electron chi connectivity index (χ0n) is 14.0. The average molecular weight is 395 g/mol. The average Bonchev–Trinajstić information content (AvgIpc) is 3.01. The minimum Gasteiger partial charge on any atom is -0.465 e. The van der Waals surface area contributed by atoms with Gasteiger partial charge in [-0.2, -0.15) is 26.3 Å². The van der Waals surface area contributed by atoms with Crippen LogP contribution in [-0.2, 0) is 22.3 Å². The molecule has 0 radical (unpaired) electrons. The molecule has 1 saturated heterocycles. The Morgan fingerprint density at radius 1 is 1.26 bits per heavy atom. The predicted octanol–water partition coefficient (Wildman–Crippen LogP) is 3.08. The summed E-state index contributed by atoms with van der Waals surface area (Å²) in [4.78, 5) is 13.1. The van der Waals surface area contributed by atoms with Gasteiger partial charge in [-0.3, -0.25) is 5.41 Å². The number of halogens is 6. The van der Waals surface area contributed by atoms with Crippen LogP contribution in [0.5, 0.6) is 0 Å². The molecule has 0 atom stereocenters. The third-order valence-corrected chi connectivity index (χ3v) is 3.78. The van der Waals surface area contributed by atoms with Crippen molar-refractivity contribution in [1.82, 2.24) is 10.2 Å². The van der Waals surface area contributed by atoms with E-state index in [1.54, 1.807) is 0 Å². The van der Waals surface area contributed by atoms with E-state index in [0.717, 1.165) is 19.2 Å². The van der Waals surface area contributed by atoms with Crippen molar-refractivity contribution in [2.24, 2.45) is 0 Å². The Hall–Kier alpha value is -2.72. The van der Waals surface area contributed by atoms with Crippen LogP contribution in [0.15, 0.2) is 35.7 Å². The van der Waals surface area contributed by atoms with Crippen LogP contribution in [0.3, 0.4) is 0 Å². The third kappa shape index (κ3) is 4.72. The van der Waals surface area contributed by atoms with Crippen LogP contribution in [0, 0.1) is 5.41 Å². The minimum atomic E-state index is -5.09. The molecule has 1 aromatic carbocycles. The van der Waals surface area contributed by atoms with Crippen LogP contribution < -0.4 is 5.32 Å². The Kier molecular flexibility index (Phi) is 5.71. The highest BCUT2D eigenvalue weighted by Gasteiger charge is 2.43. The lowest BCUT2D eigenvalue weighted by Gasteiger charge is -2.23. The van der Waals surface area contributed by atoms with Gasteiger partial charge in [0, 0.05) is 19.6 Å². The number of nitrogens with one attached hydrogen (secondary N) is 2. The second kappa shape index (κ2) is 7.49. The molecule has 1 aliphatic heterocycles. The summed E-state index contributed by atoms with van der Waals surface area (Å²) in [6.07, 6.45) is -9.66. The Morgan fingerprint density at radius 3 is 2.48 bits per heavy atom. The van der Waals surface area contributed by atoms with Crippen molar-refractivity contribution >= 4 is 11.7 Å². The molecule has 11 heteroatoms. The molecule has 0 bridgehead atoms. The van der Waals surface area contributed by atoms with Crippen molar-refractivity contribution in [3.05, 3.63) is 46.8 Å². The molecule has 27 heavy (non-hydrogen) atoms. The molecular formula is C16H15F6N3O2. The first-order valence-electron chi connectivity index (χ1n) is 7.58. The number of methoxy groups -OCH3 is 1. The van der Waals surface area contributed by atoms with Crippen molar-refractivity contribution in [3.63, 3.8) is 0 Å². The largest absolute Gasteiger partial charge is 0.465 e. The summed E-state index contributed by atoms with van der Waals surface area (Å²) in [7, 11) is 0.874. The molecular weight excluding hydrogens is 380 g/mol. The summed E-state index contributed by atoms with van der Waals surface area (Å²) in [5, 5.41) is 9.86. The molecule has 0 spiro atoms. The fourth-order valence-corrected chi connectivity index (χ4v) is 2.56. The molecule has 0 unspecified atom stereocenters. The molecule has 2 rings (SSSR count). The SMILES string of the molecule is COC(=O)/C(C(=N)C(F)(F)F)=C1/NCCN1Cc1cccc(C(F)(F)F)c1. The smallest absolute Gasteiger partial charge is 0.433 e. The first-order valence-corrected chi connectivity index (χ1v) is 7.58. The van der Waals surface area contributed by atoms with Gasteiger partial charge in [0.05, 0.1) is 12.7 Å². The molecule has 5 nitrogen and oxygen atoms in total. The molecule has 0 saturated carbocycles.